The summed E-state index contributed by atoms with van der Waals surface area (Å²) in [6.45, 7) is 1.77. The quantitative estimate of drug-likeness (QED) is 0.625. The molecule has 0 radical (unpaired) electrons. The van der Waals surface area contributed by atoms with Crippen LogP contribution in [0, 0.1) is 0 Å². The SMILES string of the molecule is C[C@H](Oc1ccc(Br)cc1)C(=O)NCc1nc(-c2ccccc2Cl)no1. The van der Waals surface area contributed by atoms with Crippen molar-refractivity contribution in [3.8, 4) is 17.1 Å². The lowest BCUT2D eigenvalue weighted by atomic mass is 10.2. The van der Waals surface area contributed by atoms with E-state index in [4.69, 9.17) is 20.9 Å². The Morgan fingerprint density at radius 2 is 2.00 bits per heavy atom. The maximum absolute atomic E-state index is 12.2. The molecule has 3 rings (SSSR count). The predicted molar refractivity (Wildman–Crippen MR) is 101 cm³/mol. The number of amides is 1. The highest BCUT2D eigenvalue weighted by Crippen LogP contribution is 2.24. The van der Waals surface area contributed by atoms with Gasteiger partial charge in [-0.3, -0.25) is 4.79 Å². The number of carbonyl (C=O) groups is 1. The van der Waals surface area contributed by atoms with Gasteiger partial charge in [-0.25, -0.2) is 0 Å². The number of halogens is 2. The van der Waals surface area contributed by atoms with E-state index in [0.29, 0.717) is 22.2 Å². The smallest absolute Gasteiger partial charge is 0.261 e. The van der Waals surface area contributed by atoms with Crippen molar-refractivity contribution in [2.24, 2.45) is 0 Å². The summed E-state index contributed by atoms with van der Waals surface area (Å²) in [5.74, 6) is 0.975. The highest BCUT2D eigenvalue weighted by molar-refractivity contribution is 9.10. The van der Waals surface area contributed by atoms with Crippen LogP contribution in [0.5, 0.6) is 5.75 Å². The van der Waals surface area contributed by atoms with Gasteiger partial charge in [-0.1, -0.05) is 44.8 Å². The van der Waals surface area contributed by atoms with Crippen LogP contribution in [0.4, 0.5) is 0 Å². The van der Waals surface area contributed by atoms with E-state index in [1.807, 2.05) is 24.3 Å². The molecule has 1 atom stereocenters. The Kier molecular flexibility index (Phi) is 5.90. The standard InChI is InChI=1S/C18H15BrClN3O3/c1-11(25-13-8-6-12(19)7-9-13)18(24)21-10-16-22-17(23-26-16)14-4-2-3-5-15(14)20/h2-9,11H,10H2,1H3,(H,21,24)/t11-/m0/s1. The van der Waals surface area contributed by atoms with Crippen molar-refractivity contribution in [1.29, 1.82) is 0 Å². The van der Waals surface area contributed by atoms with E-state index >= 15 is 0 Å². The number of ether oxygens (including phenoxy) is 1. The van der Waals surface area contributed by atoms with Crippen molar-refractivity contribution in [1.82, 2.24) is 15.5 Å². The zero-order valence-corrected chi connectivity index (χ0v) is 16.1. The molecule has 1 heterocycles. The van der Waals surface area contributed by atoms with Crippen LogP contribution >= 0.6 is 27.5 Å². The number of rotatable bonds is 6. The summed E-state index contributed by atoms with van der Waals surface area (Å²) in [6, 6.07) is 14.4. The van der Waals surface area contributed by atoms with Crippen LogP contribution in [0.25, 0.3) is 11.4 Å². The van der Waals surface area contributed by atoms with Gasteiger partial charge in [0.1, 0.15) is 5.75 Å². The molecule has 0 unspecified atom stereocenters. The minimum absolute atomic E-state index is 0.102. The predicted octanol–water partition coefficient (Wildman–Crippen LogP) is 4.24. The minimum Gasteiger partial charge on any atom is -0.481 e. The normalized spacial score (nSPS) is 11.8. The molecule has 1 N–H and O–H groups in total. The van der Waals surface area contributed by atoms with E-state index in [2.05, 4.69) is 31.4 Å². The minimum atomic E-state index is -0.665. The lowest BCUT2D eigenvalue weighted by molar-refractivity contribution is -0.127. The van der Waals surface area contributed by atoms with E-state index in [-0.39, 0.29) is 18.3 Å². The zero-order valence-electron chi connectivity index (χ0n) is 13.8. The molecule has 0 saturated heterocycles. The molecule has 0 saturated carbocycles. The molecule has 3 aromatic rings. The highest BCUT2D eigenvalue weighted by Gasteiger charge is 2.17. The topological polar surface area (TPSA) is 77.2 Å². The van der Waals surface area contributed by atoms with Gasteiger partial charge in [0.15, 0.2) is 6.10 Å². The first kappa shape index (κ1) is 18.4. The van der Waals surface area contributed by atoms with Gasteiger partial charge in [-0.15, -0.1) is 0 Å². The van der Waals surface area contributed by atoms with E-state index in [0.717, 1.165) is 4.47 Å². The molecule has 1 amide bonds. The summed E-state index contributed by atoms with van der Waals surface area (Å²) >= 11 is 9.46. The molecular weight excluding hydrogens is 422 g/mol. The van der Waals surface area contributed by atoms with Crippen LogP contribution in [0.3, 0.4) is 0 Å². The third-order valence-corrected chi connectivity index (χ3v) is 4.35. The summed E-state index contributed by atoms with van der Waals surface area (Å²) < 4.78 is 11.7. The molecule has 0 fully saturated rings. The lowest BCUT2D eigenvalue weighted by Gasteiger charge is -2.13. The summed E-state index contributed by atoms with van der Waals surface area (Å²) in [5.41, 5.74) is 0.669. The van der Waals surface area contributed by atoms with E-state index in [1.165, 1.54) is 0 Å². The van der Waals surface area contributed by atoms with Gasteiger partial charge in [-0.2, -0.15) is 4.98 Å². The largest absolute Gasteiger partial charge is 0.481 e. The van der Waals surface area contributed by atoms with Gasteiger partial charge in [-0.05, 0) is 43.3 Å². The third kappa shape index (κ3) is 4.62. The summed E-state index contributed by atoms with van der Waals surface area (Å²) in [6.07, 6.45) is -0.665. The van der Waals surface area contributed by atoms with Gasteiger partial charge in [0.05, 0.1) is 11.6 Å². The maximum Gasteiger partial charge on any atom is 0.261 e. The molecule has 26 heavy (non-hydrogen) atoms. The Labute approximate surface area is 163 Å². The number of nitrogens with one attached hydrogen (secondary N) is 1. The molecule has 0 aliphatic heterocycles. The molecule has 134 valence electrons. The van der Waals surface area contributed by atoms with Crippen LogP contribution in [0.15, 0.2) is 57.5 Å². The molecule has 0 aliphatic rings. The van der Waals surface area contributed by atoms with Gasteiger partial charge >= 0.3 is 0 Å². The molecule has 2 aromatic carbocycles. The monoisotopic (exact) mass is 435 g/mol. The van der Waals surface area contributed by atoms with Crippen molar-refractivity contribution in [3.05, 3.63) is 63.9 Å². The van der Waals surface area contributed by atoms with Gasteiger partial charge in [0.25, 0.3) is 5.91 Å². The number of carbonyl (C=O) groups excluding carboxylic acids is 1. The zero-order chi connectivity index (χ0) is 18.5. The van der Waals surface area contributed by atoms with Crippen LogP contribution in [-0.2, 0) is 11.3 Å². The molecule has 6 nitrogen and oxygen atoms in total. The summed E-state index contributed by atoms with van der Waals surface area (Å²) in [5, 5.41) is 7.12. The van der Waals surface area contributed by atoms with E-state index in [1.54, 1.807) is 31.2 Å². The first-order chi connectivity index (χ1) is 12.5. The van der Waals surface area contributed by atoms with Crippen molar-refractivity contribution >= 4 is 33.4 Å². The fraction of sp³-hybridized carbons (Fsp3) is 0.167. The maximum atomic E-state index is 12.2. The number of aromatic nitrogens is 2. The Morgan fingerprint density at radius 1 is 1.27 bits per heavy atom. The van der Waals surface area contributed by atoms with Crippen molar-refractivity contribution in [3.63, 3.8) is 0 Å². The molecule has 0 bridgehead atoms. The number of hydrogen-bond donors (Lipinski definition) is 1. The van der Waals surface area contributed by atoms with Gasteiger partial charge in [0, 0.05) is 10.0 Å². The molecule has 8 heteroatoms. The highest BCUT2D eigenvalue weighted by atomic mass is 79.9. The average Bonchev–Trinajstić information content (AvgIpc) is 3.10. The Morgan fingerprint density at radius 3 is 2.73 bits per heavy atom. The molecular formula is C18H15BrClN3O3. The van der Waals surface area contributed by atoms with Crippen molar-refractivity contribution in [2.75, 3.05) is 0 Å². The Bertz CT molecular complexity index is 899. The molecule has 1 aromatic heterocycles. The second kappa shape index (κ2) is 8.33. The van der Waals surface area contributed by atoms with Crippen LogP contribution < -0.4 is 10.1 Å². The second-order valence-electron chi connectivity index (χ2n) is 5.42. The van der Waals surface area contributed by atoms with Gasteiger partial charge in [0.2, 0.25) is 11.7 Å². The lowest BCUT2D eigenvalue weighted by Crippen LogP contribution is -2.35. The number of nitrogens with zero attached hydrogens (tertiary/aromatic N) is 2. The average molecular weight is 437 g/mol. The van der Waals surface area contributed by atoms with Crippen molar-refractivity contribution in [2.45, 2.75) is 19.6 Å². The van der Waals surface area contributed by atoms with Crippen LogP contribution in [0.2, 0.25) is 5.02 Å². The number of benzene rings is 2. The molecule has 0 spiro atoms. The fourth-order valence-corrected chi connectivity index (χ4v) is 2.64. The van der Waals surface area contributed by atoms with Gasteiger partial charge < -0.3 is 14.6 Å². The van der Waals surface area contributed by atoms with Crippen molar-refractivity contribution < 1.29 is 14.1 Å². The third-order valence-electron chi connectivity index (χ3n) is 3.49. The number of hydrogen-bond acceptors (Lipinski definition) is 5. The first-order valence-corrected chi connectivity index (χ1v) is 8.97. The molecule has 0 aliphatic carbocycles. The van der Waals surface area contributed by atoms with E-state index in [9.17, 15) is 4.79 Å². The summed E-state index contributed by atoms with van der Waals surface area (Å²) in [4.78, 5) is 16.4. The second-order valence-corrected chi connectivity index (χ2v) is 6.75. The Balaban J connectivity index is 1.56. The van der Waals surface area contributed by atoms with E-state index < -0.39 is 6.10 Å². The van der Waals surface area contributed by atoms with Crippen LogP contribution in [-0.4, -0.2) is 22.2 Å². The fourth-order valence-electron chi connectivity index (χ4n) is 2.16. The van der Waals surface area contributed by atoms with Crippen LogP contribution in [0.1, 0.15) is 12.8 Å². The Hall–Kier alpha value is -2.38. The summed E-state index contributed by atoms with van der Waals surface area (Å²) in [7, 11) is 0. The first-order valence-electron chi connectivity index (χ1n) is 7.80.